The standard InChI is InChI=1S/C20H24N6O2/c1-4-19(27)25(3)15-6-5-7-16(10-15)28-20-18-8-9-21-26(18)13-17(23-20)14-11-22-24(2)12-14/h4,8-9,11-13,15-16H,1,5-7,10H2,2-3H3. The van der Waals surface area contributed by atoms with Gasteiger partial charge in [0.1, 0.15) is 11.6 Å². The SMILES string of the molecule is C=CC(=O)N(C)C1CCCC(Oc2nc(-c3cnn(C)c3)cn3nccc23)C1. The van der Waals surface area contributed by atoms with Gasteiger partial charge in [-0.25, -0.2) is 9.50 Å². The van der Waals surface area contributed by atoms with Crippen molar-refractivity contribution >= 4 is 11.4 Å². The molecule has 28 heavy (non-hydrogen) atoms. The number of aromatic nitrogens is 5. The summed E-state index contributed by atoms with van der Waals surface area (Å²) in [5.74, 6) is 0.503. The summed E-state index contributed by atoms with van der Waals surface area (Å²) in [5, 5.41) is 8.57. The highest BCUT2D eigenvalue weighted by Crippen LogP contribution is 2.29. The fraction of sp³-hybridized carbons (Fsp3) is 0.400. The largest absolute Gasteiger partial charge is 0.473 e. The maximum Gasteiger partial charge on any atom is 0.245 e. The van der Waals surface area contributed by atoms with E-state index < -0.39 is 0 Å². The Morgan fingerprint density at radius 1 is 1.36 bits per heavy atom. The van der Waals surface area contributed by atoms with E-state index in [1.54, 1.807) is 26.5 Å². The van der Waals surface area contributed by atoms with Crippen molar-refractivity contribution in [2.75, 3.05) is 7.05 Å². The van der Waals surface area contributed by atoms with Gasteiger partial charge in [-0.1, -0.05) is 6.58 Å². The first-order valence-corrected chi connectivity index (χ1v) is 9.44. The molecular weight excluding hydrogens is 356 g/mol. The van der Waals surface area contributed by atoms with Crippen LogP contribution in [0.15, 0.2) is 43.5 Å². The lowest BCUT2D eigenvalue weighted by Crippen LogP contribution is -2.42. The maximum absolute atomic E-state index is 12.0. The highest BCUT2D eigenvalue weighted by Gasteiger charge is 2.28. The molecule has 0 aliphatic heterocycles. The first-order chi connectivity index (χ1) is 13.5. The fourth-order valence-corrected chi connectivity index (χ4v) is 3.74. The van der Waals surface area contributed by atoms with Crippen LogP contribution in [-0.2, 0) is 11.8 Å². The monoisotopic (exact) mass is 380 g/mol. The average molecular weight is 380 g/mol. The fourth-order valence-electron chi connectivity index (χ4n) is 3.74. The minimum Gasteiger partial charge on any atom is -0.473 e. The molecule has 0 saturated heterocycles. The van der Waals surface area contributed by atoms with Gasteiger partial charge in [-0.3, -0.25) is 9.48 Å². The van der Waals surface area contributed by atoms with E-state index in [9.17, 15) is 4.79 Å². The average Bonchev–Trinajstić information content (AvgIpc) is 3.36. The Bertz CT molecular complexity index is 1010. The van der Waals surface area contributed by atoms with Crippen LogP contribution in [-0.4, -0.2) is 54.4 Å². The lowest BCUT2D eigenvalue weighted by molar-refractivity contribution is -0.127. The lowest BCUT2D eigenvalue weighted by atomic mass is 9.92. The van der Waals surface area contributed by atoms with Crippen LogP contribution in [0, 0.1) is 0 Å². The Balaban J connectivity index is 1.59. The number of nitrogens with zero attached hydrogens (tertiary/aromatic N) is 6. The van der Waals surface area contributed by atoms with Crippen molar-refractivity contribution < 1.29 is 9.53 Å². The molecule has 0 aromatic carbocycles. The van der Waals surface area contributed by atoms with E-state index in [1.807, 2.05) is 32.6 Å². The molecule has 1 fully saturated rings. The predicted octanol–water partition coefficient (Wildman–Crippen LogP) is 2.46. The molecule has 0 radical (unpaired) electrons. The number of carbonyl (C=O) groups excluding carboxylic acids is 1. The Morgan fingerprint density at radius 3 is 2.96 bits per heavy atom. The van der Waals surface area contributed by atoms with Gasteiger partial charge in [0.05, 0.1) is 24.3 Å². The normalized spacial score (nSPS) is 19.5. The van der Waals surface area contributed by atoms with Crippen LogP contribution in [0.5, 0.6) is 5.88 Å². The number of hydrogen-bond donors (Lipinski definition) is 0. The summed E-state index contributed by atoms with van der Waals surface area (Å²) in [5.41, 5.74) is 2.48. The van der Waals surface area contributed by atoms with Gasteiger partial charge in [-0.15, -0.1) is 0 Å². The topological polar surface area (TPSA) is 77.6 Å². The number of likely N-dealkylation sites (N-methyl/N-ethyl adjacent to an activating group) is 1. The number of rotatable bonds is 5. The minimum atomic E-state index is -0.0551. The lowest BCUT2D eigenvalue weighted by Gasteiger charge is -2.34. The zero-order valence-electron chi connectivity index (χ0n) is 16.2. The smallest absolute Gasteiger partial charge is 0.245 e. The number of ether oxygens (including phenoxy) is 1. The molecule has 0 N–H and O–H groups in total. The van der Waals surface area contributed by atoms with Crippen molar-refractivity contribution in [1.82, 2.24) is 29.3 Å². The quantitative estimate of drug-likeness (QED) is 0.636. The van der Waals surface area contributed by atoms with Crippen LogP contribution < -0.4 is 4.74 Å². The number of fused-ring (bicyclic) bond motifs is 1. The number of carbonyl (C=O) groups is 1. The summed E-state index contributed by atoms with van der Waals surface area (Å²) in [4.78, 5) is 18.5. The Kier molecular flexibility index (Phi) is 4.85. The second-order valence-corrected chi connectivity index (χ2v) is 7.21. The minimum absolute atomic E-state index is 0.00540. The zero-order chi connectivity index (χ0) is 19.7. The van der Waals surface area contributed by atoms with E-state index >= 15 is 0 Å². The van der Waals surface area contributed by atoms with E-state index in [0.717, 1.165) is 42.5 Å². The van der Waals surface area contributed by atoms with Crippen molar-refractivity contribution in [3.63, 3.8) is 0 Å². The van der Waals surface area contributed by atoms with Crippen LogP contribution in [0.4, 0.5) is 0 Å². The molecule has 146 valence electrons. The zero-order valence-corrected chi connectivity index (χ0v) is 16.2. The summed E-state index contributed by atoms with van der Waals surface area (Å²) >= 11 is 0. The molecule has 2 atom stereocenters. The third-order valence-corrected chi connectivity index (χ3v) is 5.30. The molecule has 2 unspecified atom stereocenters. The van der Waals surface area contributed by atoms with Crippen molar-refractivity contribution in [2.24, 2.45) is 7.05 Å². The molecule has 8 nitrogen and oxygen atoms in total. The van der Waals surface area contributed by atoms with E-state index in [4.69, 9.17) is 9.72 Å². The second kappa shape index (κ2) is 7.46. The number of amides is 1. The van der Waals surface area contributed by atoms with Crippen molar-refractivity contribution in [1.29, 1.82) is 0 Å². The van der Waals surface area contributed by atoms with E-state index in [1.165, 1.54) is 6.08 Å². The first-order valence-electron chi connectivity index (χ1n) is 9.44. The third kappa shape index (κ3) is 3.49. The van der Waals surface area contributed by atoms with Crippen LogP contribution in [0.3, 0.4) is 0 Å². The highest BCUT2D eigenvalue weighted by atomic mass is 16.5. The Hall–Kier alpha value is -3.16. The third-order valence-electron chi connectivity index (χ3n) is 5.30. The van der Waals surface area contributed by atoms with Crippen LogP contribution in [0.1, 0.15) is 25.7 Å². The Labute approximate surface area is 163 Å². The predicted molar refractivity (Wildman–Crippen MR) is 105 cm³/mol. The van der Waals surface area contributed by atoms with Gasteiger partial charge in [-0.2, -0.15) is 10.2 Å². The molecule has 1 saturated carbocycles. The van der Waals surface area contributed by atoms with Gasteiger partial charge in [0.15, 0.2) is 0 Å². The molecule has 0 spiro atoms. The molecule has 8 heteroatoms. The van der Waals surface area contributed by atoms with Crippen LogP contribution in [0.25, 0.3) is 16.8 Å². The maximum atomic E-state index is 12.0. The van der Waals surface area contributed by atoms with Gasteiger partial charge in [-0.05, 0) is 31.4 Å². The van der Waals surface area contributed by atoms with E-state index in [-0.39, 0.29) is 18.1 Å². The Morgan fingerprint density at radius 2 is 2.21 bits per heavy atom. The van der Waals surface area contributed by atoms with Crippen molar-refractivity contribution in [3.05, 3.63) is 43.5 Å². The van der Waals surface area contributed by atoms with Gasteiger partial charge in [0.2, 0.25) is 11.8 Å². The summed E-state index contributed by atoms with van der Waals surface area (Å²) in [6.45, 7) is 3.58. The highest BCUT2D eigenvalue weighted by molar-refractivity contribution is 5.87. The summed E-state index contributed by atoms with van der Waals surface area (Å²) in [7, 11) is 3.70. The molecular formula is C20H24N6O2. The molecule has 0 bridgehead atoms. The van der Waals surface area contributed by atoms with Crippen LogP contribution in [0.2, 0.25) is 0 Å². The van der Waals surface area contributed by atoms with Gasteiger partial charge in [0, 0.05) is 38.3 Å². The molecule has 3 aromatic rings. The first kappa shape index (κ1) is 18.2. The molecule has 4 rings (SSSR count). The molecule has 1 aliphatic rings. The molecule has 1 aliphatic carbocycles. The number of hydrogen-bond acceptors (Lipinski definition) is 5. The van der Waals surface area contributed by atoms with E-state index in [2.05, 4.69) is 16.8 Å². The summed E-state index contributed by atoms with van der Waals surface area (Å²) < 4.78 is 9.84. The van der Waals surface area contributed by atoms with E-state index in [0.29, 0.717) is 5.88 Å². The second-order valence-electron chi connectivity index (χ2n) is 7.21. The van der Waals surface area contributed by atoms with Gasteiger partial charge >= 0.3 is 0 Å². The van der Waals surface area contributed by atoms with Gasteiger partial charge < -0.3 is 9.64 Å². The van der Waals surface area contributed by atoms with Gasteiger partial charge in [0.25, 0.3) is 0 Å². The summed E-state index contributed by atoms with van der Waals surface area (Å²) in [6.07, 6.45) is 12.3. The molecule has 1 amide bonds. The summed E-state index contributed by atoms with van der Waals surface area (Å²) in [6, 6.07) is 2.04. The molecule has 3 heterocycles. The van der Waals surface area contributed by atoms with Crippen molar-refractivity contribution in [2.45, 2.75) is 37.8 Å². The van der Waals surface area contributed by atoms with Crippen molar-refractivity contribution in [3.8, 4) is 17.1 Å². The molecule has 3 aromatic heterocycles. The van der Waals surface area contributed by atoms with Crippen LogP contribution >= 0.6 is 0 Å². The number of aryl methyl sites for hydroxylation is 1.